The fourth-order valence-corrected chi connectivity index (χ4v) is 2.80. The van der Waals surface area contributed by atoms with E-state index in [2.05, 4.69) is 26.1 Å². The van der Waals surface area contributed by atoms with Crippen LogP contribution in [-0.4, -0.2) is 26.3 Å². The first-order valence-corrected chi connectivity index (χ1v) is 7.97. The van der Waals surface area contributed by atoms with Gasteiger partial charge in [-0.15, -0.1) is 0 Å². The molecule has 18 heavy (non-hydrogen) atoms. The zero-order valence-corrected chi connectivity index (χ0v) is 12.8. The van der Waals surface area contributed by atoms with Crippen LogP contribution in [0.2, 0.25) is 0 Å². The Morgan fingerprint density at radius 1 is 1.17 bits per heavy atom. The molecular formula is C16H33NO. The van der Waals surface area contributed by atoms with E-state index in [-0.39, 0.29) is 0 Å². The van der Waals surface area contributed by atoms with Crippen LogP contribution in [-0.2, 0) is 4.74 Å². The van der Waals surface area contributed by atoms with Crippen LogP contribution in [0.4, 0.5) is 0 Å². The largest absolute Gasteiger partial charge is 0.381 e. The molecule has 1 atom stereocenters. The molecule has 1 fully saturated rings. The van der Waals surface area contributed by atoms with Crippen molar-refractivity contribution in [3.63, 3.8) is 0 Å². The number of hydrogen-bond donors (Lipinski definition) is 1. The van der Waals surface area contributed by atoms with E-state index in [1.165, 1.54) is 44.9 Å². The summed E-state index contributed by atoms with van der Waals surface area (Å²) in [4.78, 5) is 0. The Hall–Kier alpha value is -0.0800. The fraction of sp³-hybridized carbons (Fsp3) is 1.00. The highest BCUT2D eigenvalue weighted by Gasteiger charge is 2.33. The third-order valence-electron chi connectivity index (χ3n) is 4.05. The second kappa shape index (κ2) is 8.92. The van der Waals surface area contributed by atoms with Gasteiger partial charge in [-0.05, 0) is 25.3 Å². The summed E-state index contributed by atoms with van der Waals surface area (Å²) in [5, 5.41) is 3.64. The van der Waals surface area contributed by atoms with Gasteiger partial charge in [-0.1, -0.05) is 52.9 Å². The van der Waals surface area contributed by atoms with E-state index < -0.39 is 0 Å². The predicted octanol–water partition coefficient (Wildman–Crippen LogP) is 4.00. The molecule has 0 saturated carbocycles. The summed E-state index contributed by atoms with van der Waals surface area (Å²) in [6.07, 6.45) is 9.53. The van der Waals surface area contributed by atoms with Crippen molar-refractivity contribution >= 4 is 0 Å². The van der Waals surface area contributed by atoms with E-state index in [1.807, 2.05) is 0 Å². The van der Waals surface area contributed by atoms with Crippen molar-refractivity contribution in [2.45, 2.75) is 65.7 Å². The predicted molar refractivity (Wildman–Crippen MR) is 79.0 cm³/mol. The van der Waals surface area contributed by atoms with Crippen molar-refractivity contribution in [2.24, 2.45) is 11.3 Å². The molecule has 1 saturated heterocycles. The molecule has 0 aromatic carbocycles. The van der Waals surface area contributed by atoms with Crippen LogP contribution in [0.25, 0.3) is 0 Å². The summed E-state index contributed by atoms with van der Waals surface area (Å²) < 4.78 is 5.66. The summed E-state index contributed by atoms with van der Waals surface area (Å²) in [7, 11) is 0. The molecule has 0 radical (unpaired) electrons. The van der Waals surface area contributed by atoms with Crippen molar-refractivity contribution in [3.8, 4) is 0 Å². The smallest absolute Gasteiger partial charge is 0.0535 e. The van der Waals surface area contributed by atoms with Crippen molar-refractivity contribution in [2.75, 3.05) is 26.3 Å². The van der Waals surface area contributed by atoms with Gasteiger partial charge in [-0.2, -0.15) is 0 Å². The summed E-state index contributed by atoms with van der Waals surface area (Å²) in [5.41, 5.74) is 0.446. The third-order valence-corrected chi connectivity index (χ3v) is 4.05. The Morgan fingerprint density at radius 2 is 1.94 bits per heavy atom. The zero-order valence-electron chi connectivity index (χ0n) is 12.8. The van der Waals surface area contributed by atoms with Crippen LogP contribution in [0.1, 0.15) is 65.7 Å². The molecule has 1 heterocycles. The number of unbranched alkanes of at least 4 members (excludes halogenated alkanes) is 4. The Kier molecular flexibility index (Phi) is 7.92. The van der Waals surface area contributed by atoms with Gasteiger partial charge in [0.2, 0.25) is 0 Å². The standard InChI is InChI=1S/C16H33NO/c1-4-5-6-7-8-9-16(10-11-18-14-16)13-17-12-15(2)3/h15,17H,4-14H2,1-3H3. The SMILES string of the molecule is CCCCCCCC1(CNCC(C)C)CCOC1. The summed E-state index contributed by atoms with van der Waals surface area (Å²) in [6, 6.07) is 0. The van der Waals surface area contributed by atoms with Crippen LogP contribution in [0.3, 0.4) is 0 Å². The quantitative estimate of drug-likeness (QED) is 0.596. The molecule has 0 aliphatic carbocycles. The lowest BCUT2D eigenvalue weighted by Crippen LogP contribution is -2.36. The minimum absolute atomic E-state index is 0.446. The van der Waals surface area contributed by atoms with Gasteiger partial charge in [0.1, 0.15) is 0 Å². The normalized spacial score (nSPS) is 24.0. The average molecular weight is 255 g/mol. The Balaban J connectivity index is 2.20. The second-order valence-corrected chi connectivity index (χ2v) is 6.49. The third kappa shape index (κ3) is 6.19. The molecule has 0 aromatic rings. The average Bonchev–Trinajstić information content (AvgIpc) is 2.77. The maximum atomic E-state index is 5.66. The van der Waals surface area contributed by atoms with Crippen LogP contribution < -0.4 is 5.32 Å². The highest BCUT2D eigenvalue weighted by Crippen LogP contribution is 2.33. The van der Waals surface area contributed by atoms with Gasteiger partial charge in [0.25, 0.3) is 0 Å². The van der Waals surface area contributed by atoms with E-state index in [0.717, 1.165) is 32.2 Å². The van der Waals surface area contributed by atoms with Crippen LogP contribution in [0.15, 0.2) is 0 Å². The highest BCUT2D eigenvalue weighted by atomic mass is 16.5. The number of hydrogen-bond acceptors (Lipinski definition) is 2. The minimum atomic E-state index is 0.446. The molecule has 0 aromatic heterocycles. The van der Waals surface area contributed by atoms with Crippen molar-refractivity contribution in [1.82, 2.24) is 5.32 Å². The molecule has 0 bridgehead atoms. The Morgan fingerprint density at radius 3 is 2.56 bits per heavy atom. The second-order valence-electron chi connectivity index (χ2n) is 6.49. The fourth-order valence-electron chi connectivity index (χ4n) is 2.80. The maximum absolute atomic E-state index is 5.66. The molecule has 1 unspecified atom stereocenters. The molecule has 108 valence electrons. The van der Waals surface area contributed by atoms with E-state index >= 15 is 0 Å². The molecule has 2 nitrogen and oxygen atoms in total. The molecule has 1 aliphatic heterocycles. The zero-order chi connectivity index (χ0) is 13.3. The lowest BCUT2D eigenvalue weighted by atomic mass is 9.81. The first-order chi connectivity index (χ1) is 8.68. The number of nitrogens with one attached hydrogen (secondary N) is 1. The lowest BCUT2D eigenvalue weighted by molar-refractivity contribution is 0.141. The number of rotatable bonds is 10. The molecule has 0 amide bonds. The maximum Gasteiger partial charge on any atom is 0.0535 e. The molecule has 1 N–H and O–H groups in total. The van der Waals surface area contributed by atoms with E-state index in [4.69, 9.17) is 4.74 Å². The summed E-state index contributed by atoms with van der Waals surface area (Å²) in [5.74, 6) is 0.744. The topological polar surface area (TPSA) is 21.3 Å². The summed E-state index contributed by atoms with van der Waals surface area (Å²) in [6.45, 7) is 11.1. The van der Waals surface area contributed by atoms with Crippen molar-refractivity contribution < 1.29 is 4.74 Å². The minimum Gasteiger partial charge on any atom is -0.381 e. The Bertz CT molecular complexity index is 197. The van der Waals surface area contributed by atoms with Gasteiger partial charge in [0.15, 0.2) is 0 Å². The van der Waals surface area contributed by atoms with E-state index in [1.54, 1.807) is 0 Å². The number of ether oxygens (including phenoxy) is 1. The first kappa shape index (κ1) is 16.0. The first-order valence-electron chi connectivity index (χ1n) is 7.97. The Labute approximate surface area is 114 Å². The lowest BCUT2D eigenvalue weighted by Gasteiger charge is -2.28. The van der Waals surface area contributed by atoms with Crippen LogP contribution >= 0.6 is 0 Å². The monoisotopic (exact) mass is 255 g/mol. The van der Waals surface area contributed by atoms with Crippen molar-refractivity contribution in [3.05, 3.63) is 0 Å². The van der Waals surface area contributed by atoms with E-state index in [9.17, 15) is 0 Å². The molecule has 1 aliphatic rings. The van der Waals surface area contributed by atoms with Gasteiger partial charge >= 0.3 is 0 Å². The van der Waals surface area contributed by atoms with Gasteiger partial charge < -0.3 is 10.1 Å². The highest BCUT2D eigenvalue weighted by molar-refractivity contribution is 4.85. The van der Waals surface area contributed by atoms with Crippen molar-refractivity contribution in [1.29, 1.82) is 0 Å². The molecular weight excluding hydrogens is 222 g/mol. The summed E-state index contributed by atoms with van der Waals surface area (Å²) >= 11 is 0. The van der Waals surface area contributed by atoms with E-state index in [0.29, 0.717) is 5.41 Å². The van der Waals surface area contributed by atoms with Gasteiger partial charge in [-0.25, -0.2) is 0 Å². The van der Waals surface area contributed by atoms with Crippen LogP contribution in [0.5, 0.6) is 0 Å². The molecule has 0 spiro atoms. The molecule has 2 heteroatoms. The van der Waals surface area contributed by atoms with Gasteiger partial charge in [0, 0.05) is 18.6 Å². The van der Waals surface area contributed by atoms with Crippen LogP contribution in [0, 0.1) is 11.3 Å². The van der Waals surface area contributed by atoms with Gasteiger partial charge in [-0.3, -0.25) is 0 Å². The van der Waals surface area contributed by atoms with Gasteiger partial charge in [0.05, 0.1) is 6.61 Å². The molecule has 1 rings (SSSR count).